The summed E-state index contributed by atoms with van der Waals surface area (Å²) in [5.74, 6) is -0.288. The second-order valence-corrected chi connectivity index (χ2v) is 25.0. The maximum absolute atomic E-state index is 13.4. The first-order valence-corrected chi connectivity index (χ1v) is 34.7. The molecule has 0 aromatic heterocycles. The van der Waals surface area contributed by atoms with Gasteiger partial charge < -0.3 is 89.9 Å². The lowest BCUT2D eigenvalue weighted by Gasteiger charge is -2.48. The molecule has 510 valence electrons. The Morgan fingerprint density at radius 1 is 0.402 bits per heavy atom. The highest BCUT2D eigenvalue weighted by atomic mass is 16.8. The average molecular weight is 1240 g/mol. The Bertz CT molecular complexity index is 1720. The van der Waals surface area contributed by atoms with Gasteiger partial charge in [-0.25, -0.2) is 0 Å². The van der Waals surface area contributed by atoms with Crippen molar-refractivity contribution in [1.29, 1.82) is 0 Å². The van der Waals surface area contributed by atoms with Gasteiger partial charge in [-0.15, -0.1) is 0 Å². The summed E-state index contributed by atoms with van der Waals surface area (Å²) in [6, 6.07) is -0.994. The zero-order valence-corrected chi connectivity index (χ0v) is 53.8. The van der Waals surface area contributed by atoms with Gasteiger partial charge in [0.25, 0.3) is 0 Å². The molecule has 0 bridgehead atoms. The number of ether oxygens (including phenoxy) is 6. The number of carbonyl (C=O) groups is 1. The lowest BCUT2D eigenvalue weighted by molar-refractivity contribution is -0.379. The Kier molecular flexibility index (Phi) is 46.0. The minimum absolute atomic E-state index is 0.235. The van der Waals surface area contributed by atoms with Crippen molar-refractivity contribution in [3.05, 3.63) is 36.5 Å². The second-order valence-electron chi connectivity index (χ2n) is 25.0. The number of unbranched alkanes of at least 4 members (excludes halogenated alkanes) is 33. The summed E-state index contributed by atoms with van der Waals surface area (Å²) in [7, 11) is 0. The predicted octanol–water partition coefficient (Wildman–Crippen LogP) is 8.83. The van der Waals surface area contributed by atoms with Crippen LogP contribution in [0, 0.1) is 0 Å². The summed E-state index contributed by atoms with van der Waals surface area (Å²) in [5.41, 5.74) is 0. The number of amides is 1. The molecule has 0 aliphatic carbocycles. The third-order valence-electron chi connectivity index (χ3n) is 17.4. The number of allylic oxidation sites excluding steroid dienone is 5. The topological polar surface area (TPSA) is 307 Å². The zero-order valence-electron chi connectivity index (χ0n) is 53.8. The van der Waals surface area contributed by atoms with Crippen molar-refractivity contribution in [2.45, 2.75) is 362 Å². The van der Waals surface area contributed by atoms with Crippen molar-refractivity contribution in [1.82, 2.24) is 5.32 Å². The lowest BCUT2D eigenvalue weighted by Crippen LogP contribution is -2.66. The summed E-state index contributed by atoms with van der Waals surface area (Å²) in [6.45, 7) is 1.72. The quantitative estimate of drug-likeness (QED) is 0.0200. The number of hydrogen-bond donors (Lipinski definition) is 12. The maximum Gasteiger partial charge on any atom is 0.220 e. The molecule has 19 nitrogen and oxygen atoms in total. The molecule has 0 aromatic carbocycles. The van der Waals surface area contributed by atoms with E-state index in [2.05, 4.69) is 43.5 Å². The molecule has 3 saturated heterocycles. The molecule has 3 aliphatic rings. The number of rotatable bonds is 53. The highest BCUT2D eigenvalue weighted by Crippen LogP contribution is 2.33. The predicted molar refractivity (Wildman–Crippen MR) is 337 cm³/mol. The molecule has 87 heavy (non-hydrogen) atoms. The van der Waals surface area contributed by atoms with Gasteiger partial charge in [0.2, 0.25) is 5.91 Å². The molecule has 3 aliphatic heterocycles. The van der Waals surface area contributed by atoms with Crippen molar-refractivity contribution in [3.8, 4) is 0 Å². The first kappa shape index (κ1) is 79.2. The SMILES string of the molecule is CCCCCCCCCCCCCCCCCCCC/C=C/CC/C=C/CC/C=C/C(O)C(COC1OC(CO)C(OC2OC(CO)C(OC3OC(CO)C(O)C(O)C3O)C(O)C2O)C(O)C1O)NC(=O)CCCCCCCCCCCCCCCC. The monoisotopic (exact) mass is 1240 g/mol. The van der Waals surface area contributed by atoms with Crippen LogP contribution >= 0.6 is 0 Å². The molecule has 0 radical (unpaired) electrons. The highest BCUT2D eigenvalue weighted by Gasteiger charge is 2.53. The van der Waals surface area contributed by atoms with Crippen molar-refractivity contribution in [2.75, 3.05) is 26.4 Å². The minimum atomic E-state index is -1.98. The van der Waals surface area contributed by atoms with Gasteiger partial charge in [0, 0.05) is 6.42 Å². The molecular weight excluding hydrogens is 1120 g/mol. The molecule has 3 heterocycles. The van der Waals surface area contributed by atoms with Crippen LogP contribution in [0.2, 0.25) is 0 Å². The molecule has 12 N–H and O–H groups in total. The fourth-order valence-electron chi connectivity index (χ4n) is 11.8. The Morgan fingerprint density at radius 2 is 0.736 bits per heavy atom. The van der Waals surface area contributed by atoms with Gasteiger partial charge in [0.15, 0.2) is 18.9 Å². The third kappa shape index (κ3) is 32.9. The van der Waals surface area contributed by atoms with Crippen LogP contribution in [0.25, 0.3) is 0 Å². The van der Waals surface area contributed by atoms with Crippen molar-refractivity contribution in [3.63, 3.8) is 0 Å². The van der Waals surface area contributed by atoms with E-state index < -0.39 is 124 Å². The van der Waals surface area contributed by atoms with E-state index in [-0.39, 0.29) is 18.9 Å². The van der Waals surface area contributed by atoms with E-state index in [0.717, 1.165) is 44.9 Å². The fourth-order valence-corrected chi connectivity index (χ4v) is 11.8. The van der Waals surface area contributed by atoms with Crippen LogP contribution in [0.1, 0.15) is 258 Å². The summed E-state index contributed by atoms with van der Waals surface area (Å²) in [4.78, 5) is 13.4. The van der Waals surface area contributed by atoms with Gasteiger partial charge in [-0.05, 0) is 44.9 Å². The van der Waals surface area contributed by atoms with Crippen LogP contribution in [-0.4, -0.2) is 193 Å². The molecule has 1 amide bonds. The fraction of sp³-hybridized carbons (Fsp3) is 0.897. The molecule has 3 rings (SSSR count). The molecule has 0 aromatic rings. The van der Waals surface area contributed by atoms with Crippen LogP contribution in [0.3, 0.4) is 0 Å². The van der Waals surface area contributed by atoms with E-state index in [1.54, 1.807) is 6.08 Å². The van der Waals surface area contributed by atoms with Gasteiger partial charge in [-0.2, -0.15) is 0 Å². The molecule has 0 saturated carbocycles. The first-order chi connectivity index (χ1) is 42.3. The molecule has 17 atom stereocenters. The van der Waals surface area contributed by atoms with Crippen molar-refractivity contribution >= 4 is 5.91 Å². The van der Waals surface area contributed by atoms with Crippen LogP contribution in [-0.2, 0) is 33.2 Å². The van der Waals surface area contributed by atoms with Gasteiger partial charge in [-0.1, -0.05) is 243 Å². The van der Waals surface area contributed by atoms with Gasteiger partial charge in [0.05, 0.1) is 38.6 Å². The van der Waals surface area contributed by atoms with Gasteiger partial charge in [0.1, 0.15) is 73.2 Å². The molecule has 17 unspecified atom stereocenters. The molecule has 3 fully saturated rings. The van der Waals surface area contributed by atoms with Crippen LogP contribution in [0.5, 0.6) is 0 Å². The number of nitrogens with one attached hydrogen (secondary N) is 1. The summed E-state index contributed by atoms with van der Waals surface area (Å²) >= 11 is 0. The minimum Gasteiger partial charge on any atom is -0.394 e. The van der Waals surface area contributed by atoms with Crippen molar-refractivity contribution < 1.29 is 89.4 Å². The van der Waals surface area contributed by atoms with Crippen LogP contribution in [0.4, 0.5) is 0 Å². The Hall–Kier alpha value is -1.99. The largest absolute Gasteiger partial charge is 0.394 e. The molecule has 0 spiro atoms. The Balaban J connectivity index is 1.44. The molecular formula is C68H125NO18. The summed E-state index contributed by atoms with van der Waals surface area (Å²) in [6.07, 6.45) is 31.4. The van der Waals surface area contributed by atoms with E-state index >= 15 is 0 Å². The number of hydrogen-bond acceptors (Lipinski definition) is 18. The Morgan fingerprint density at radius 3 is 1.15 bits per heavy atom. The summed E-state index contributed by atoms with van der Waals surface area (Å²) < 4.78 is 34.3. The standard InChI is InChI=1S/C68H125NO18/c1-3-5-7-9-11-13-15-17-19-20-21-22-23-24-25-26-27-28-29-30-31-32-33-35-37-39-41-43-45-52(73)51(69-56(74)46-44-42-40-38-36-34-18-16-14-12-10-8-6-4-2)50-82-66-62(80)59(77)64(54(48-71)84-66)87-68-63(81)60(78)65(55(49-72)85-68)86-67-61(79)58(76)57(75)53(47-70)83-67/h30-31,35,37,43,45,51-55,57-68,70-73,75-81H,3-29,32-34,36,38-42,44,46-50H2,1-2H3,(H,69,74)/b31-30+,37-35+,45-43+. The van der Waals surface area contributed by atoms with Gasteiger partial charge >= 0.3 is 0 Å². The van der Waals surface area contributed by atoms with E-state index in [1.165, 1.54) is 180 Å². The second kappa shape index (κ2) is 50.6. The highest BCUT2D eigenvalue weighted by molar-refractivity contribution is 5.76. The lowest BCUT2D eigenvalue weighted by atomic mass is 9.96. The van der Waals surface area contributed by atoms with E-state index in [0.29, 0.717) is 12.8 Å². The van der Waals surface area contributed by atoms with E-state index in [1.807, 2.05) is 6.08 Å². The van der Waals surface area contributed by atoms with Crippen LogP contribution < -0.4 is 5.32 Å². The average Bonchev–Trinajstić information content (AvgIpc) is 2.65. The van der Waals surface area contributed by atoms with E-state index in [9.17, 15) is 61.0 Å². The summed E-state index contributed by atoms with van der Waals surface area (Å²) in [5, 5.41) is 120. The first-order valence-electron chi connectivity index (χ1n) is 34.7. The smallest absolute Gasteiger partial charge is 0.220 e. The number of aliphatic hydroxyl groups excluding tert-OH is 11. The molecule has 19 heteroatoms. The normalized spacial score (nSPS) is 28.8. The van der Waals surface area contributed by atoms with Crippen LogP contribution in [0.15, 0.2) is 36.5 Å². The third-order valence-corrected chi connectivity index (χ3v) is 17.4. The van der Waals surface area contributed by atoms with E-state index in [4.69, 9.17) is 28.4 Å². The number of aliphatic hydroxyl groups is 11. The zero-order chi connectivity index (χ0) is 63.3. The Labute approximate surface area is 523 Å². The number of carbonyl (C=O) groups excluding carboxylic acids is 1. The maximum atomic E-state index is 13.4. The van der Waals surface area contributed by atoms with Crippen molar-refractivity contribution in [2.24, 2.45) is 0 Å². The van der Waals surface area contributed by atoms with Gasteiger partial charge in [-0.3, -0.25) is 4.79 Å².